The maximum atomic E-state index is 13.1. The number of carbonyl (C=O) groups is 3. The van der Waals surface area contributed by atoms with Crippen molar-refractivity contribution in [2.24, 2.45) is 0 Å². The summed E-state index contributed by atoms with van der Waals surface area (Å²) in [6, 6.07) is 6.83. The van der Waals surface area contributed by atoms with Crippen LogP contribution in [0.15, 0.2) is 24.3 Å². The van der Waals surface area contributed by atoms with E-state index in [4.69, 9.17) is 11.2 Å². The van der Waals surface area contributed by atoms with Crippen LogP contribution in [-0.4, -0.2) is 52.7 Å². The Bertz CT molecular complexity index is 808. The number of aryl methyl sites for hydroxylation is 1. The number of unbranched alkanes of at least 4 members (excludes halogenated alkanes) is 2. The molecule has 2 unspecified atom stereocenters. The Labute approximate surface area is 190 Å². The van der Waals surface area contributed by atoms with Gasteiger partial charge in [-0.15, -0.1) is 0 Å². The largest absolute Gasteiger partial charge is 0.444 e. The van der Waals surface area contributed by atoms with Crippen molar-refractivity contribution in [3.8, 4) is 12.5 Å². The molecular weight excluding hydrogens is 410 g/mol. The van der Waals surface area contributed by atoms with E-state index < -0.39 is 42.2 Å². The summed E-state index contributed by atoms with van der Waals surface area (Å²) in [5.41, 5.74) is 0.708. The van der Waals surface area contributed by atoms with Gasteiger partial charge >= 0.3 is 6.09 Å². The van der Waals surface area contributed by atoms with Gasteiger partial charge in [-0.25, -0.2) is 4.79 Å². The number of aliphatic hydroxyl groups is 1. The van der Waals surface area contributed by atoms with Crippen molar-refractivity contribution in [1.29, 1.82) is 0 Å². The summed E-state index contributed by atoms with van der Waals surface area (Å²) in [6.07, 6.45) is 7.51. The molecule has 8 nitrogen and oxygen atoms in total. The molecule has 0 aliphatic rings. The second-order valence-corrected chi connectivity index (χ2v) is 8.53. The molecule has 0 spiro atoms. The van der Waals surface area contributed by atoms with Gasteiger partial charge in [-0.3, -0.25) is 14.5 Å². The minimum absolute atomic E-state index is 0.440. The fraction of sp³-hybridized carbons (Fsp3) is 0.542. The summed E-state index contributed by atoms with van der Waals surface area (Å²) in [4.78, 5) is 39.2. The number of alkyl carbamates (subject to hydrolysis) is 1. The third-order valence-corrected chi connectivity index (χ3v) is 4.53. The highest BCUT2D eigenvalue weighted by atomic mass is 16.6. The number of terminal acetylenes is 1. The molecule has 3 N–H and O–H groups in total. The van der Waals surface area contributed by atoms with Crippen molar-refractivity contribution < 1.29 is 24.2 Å². The Morgan fingerprint density at radius 2 is 1.81 bits per heavy atom. The Morgan fingerprint density at radius 3 is 2.31 bits per heavy atom. The van der Waals surface area contributed by atoms with Gasteiger partial charge in [0.15, 0.2) is 0 Å². The van der Waals surface area contributed by atoms with Gasteiger partial charge in [-0.1, -0.05) is 56.0 Å². The van der Waals surface area contributed by atoms with Crippen LogP contribution in [0.5, 0.6) is 0 Å². The molecule has 0 fully saturated rings. The van der Waals surface area contributed by atoms with Crippen LogP contribution in [0.4, 0.5) is 4.79 Å². The lowest BCUT2D eigenvalue weighted by Gasteiger charge is -2.29. The van der Waals surface area contributed by atoms with E-state index in [1.165, 1.54) is 0 Å². The lowest BCUT2D eigenvalue weighted by Crippen LogP contribution is -2.53. The molecule has 0 aromatic heterocycles. The molecule has 0 heterocycles. The highest BCUT2D eigenvalue weighted by Gasteiger charge is 2.35. The number of nitrogens with zero attached hydrogens (tertiary/aromatic N) is 1. The highest BCUT2D eigenvalue weighted by molar-refractivity contribution is 5.93. The standard InChI is InChI=1S/C24H35N3O5/c1-7-9-10-15-25-21(29)20(18-13-11-17(3)12-14-18)27(8-2)22(30)19(16-28)26-23(31)32-24(4,5)6/h2,11-14,19-20,28H,7,9-10,15-16H2,1,3-6H3,(H,25,29)(H,26,31). The van der Waals surface area contributed by atoms with Gasteiger partial charge in [0.1, 0.15) is 17.7 Å². The Balaban J connectivity index is 3.16. The zero-order valence-corrected chi connectivity index (χ0v) is 19.6. The minimum atomic E-state index is -1.37. The lowest BCUT2D eigenvalue weighted by atomic mass is 10.0. The van der Waals surface area contributed by atoms with Gasteiger partial charge in [-0.2, -0.15) is 0 Å². The Morgan fingerprint density at radius 1 is 1.19 bits per heavy atom. The number of nitrogens with one attached hydrogen (secondary N) is 2. The SMILES string of the molecule is C#CN(C(=O)C(CO)NC(=O)OC(C)(C)C)C(C(=O)NCCCCC)c1ccc(C)cc1. The number of benzene rings is 1. The third kappa shape index (κ3) is 8.60. The molecule has 0 aliphatic carbocycles. The molecule has 0 saturated heterocycles. The Kier molecular flexibility index (Phi) is 10.7. The van der Waals surface area contributed by atoms with Crippen molar-refractivity contribution in [3.05, 3.63) is 35.4 Å². The number of rotatable bonds is 10. The Hall–Kier alpha value is -3.05. The van der Waals surface area contributed by atoms with Crippen LogP contribution < -0.4 is 10.6 Å². The summed E-state index contributed by atoms with van der Waals surface area (Å²) in [6.45, 7) is 8.71. The van der Waals surface area contributed by atoms with E-state index in [1.54, 1.807) is 32.9 Å². The molecule has 2 atom stereocenters. The molecule has 32 heavy (non-hydrogen) atoms. The van der Waals surface area contributed by atoms with Crippen LogP contribution in [0, 0.1) is 19.4 Å². The van der Waals surface area contributed by atoms with Gasteiger partial charge < -0.3 is 20.5 Å². The van der Waals surface area contributed by atoms with E-state index >= 15 is 0 Å². The molecule has 0 aliphatic heterocycles. The van der Waals surface area contributed by atoms with Crippen molar-refractivity contribution in [2.75, 3.05) is 13.2 Å². The smallest absolute Gasteiger partial charge is 0.408 e. The average Bonchev–Trinajstić information content (AvgIpc) is 2.72. The van der Waals surface area contributed by atoms with E-state index in [0.29, 0.717) is 12.1 Å². The lowest BCUT2D eigenvalue weighted by molar-refractivity contribution is -0.139. The van der Waals surface area contributed by atoms with Gasteiger partial charge in [0.2, 0.25) is 5.91 Å². The summed E-state index contributed by atoms with van der Waals surface area (Å²) >= 11 is 0. The maximum Gasteiger partial charge on any atom is 0.408 e. The summed E-state index contributed by atoms with van der Waals surface area (Å²) in [5, 5.41) is 14.9. The first-order valence-electron chi connectivity index (χ1n) is 10.8. The number of aliphatic hydroxyl groups excluding tert-OH is 1. The molecule has 0 radical (unpaired) electrons. The van der Waals surface area contributed by atoms with Crippen LogP contribution in [-0.2, 0) is 14.3 Å². The highest BCUT2D eigenvalue weighted by Crippen LogP contribution is 2.22. The van der Waals surface area contributed by atoms with Crippen LogP contribution in [0.1, 0.15) is 64.1 Å². The zero-order chi connectivity index (χ0) is 24.3. The summed E-state index contributed by atoms with van der Waals surface area (Å²) < 4.78 is 5.15. The molecule has 3 amide bonds. The molecule has 1 rings (SSSR count). The monoisotopic (exact) mass is 445 g/mol. The minimum Gasteiger partial charge on any atom is -0.444 e. The van der Waals surface area contributed by atoms with E-state index in [0.717, 1.165) is 29.7 Å². The molecular formula is C24H35N3O5. The van der Waals surface area contributed by atoms with Crippen molar-refractivity contribution in [1.82, 2.24) is 15.5 Å². The van der Waals surface area contributed by atoms with E-state index in [9.17, 15) is 19.5 Å². The summed E-state index contributed by atoms with van der Waals surface area (Å²) in [7, 11) is 0. The zero-order valence-electron chi connectivity index (χ0n) is 19.6. The molecule has 176 valence electrons. The maximum absolute atomic E-state index is 13.1. The first-order valence-corrected chi connectivity index (χ1v) is 10.8. The second kappa shape index (κ2) is 12.7. The van der Waals surface area contributed by atoms with Crippen molar-refractivity contribution >= 4 is 17.9 Å². The first kappa shape index (κ1) is 27.0. The van der Waals surface area contributed by atoms with Crippen molar-refractivity contribution in [3.63, 3.8) is 0 Å². The van der Waals surface area contributed by atoms with E-state index in [-0.39, 0.29) is 0 Å². The predicted octanol–water partition coefficient (Wildman–Crippen LogP) is 2.65. The fourth-order valence-corrected chi connectivity index (χ4v) is 2.92. The number of hydrogen-bond acceptors (Lipinski definition) is 5. The van der Waals surface area contributed by atoms with Crippen LogP contribution in [0.3, 0.4) is 0 Å². The normalized spacial score (nSPS) is 12.8. The fourth-order valence-electron chi connectivity index (χ4n) is 2.92. The predicted molar refractivity (Wildman–Crippen MR) is 122 cm³/mol. The van der Waals surface area contributed by atoms with Crippen molar-refractivity contribution in [2.45, 2.75) is 71.6 Å². The molecule has 1 aromatic rings. The van der Waals surface area contributed by atoms with Crippen LogP contribution >= 0.6 is 0 Å². The molecule has 0 bridgehead atoms. The van der Waals surface area contributed by atoms with Gasteiger partial charge in [-0.05, 0) is 39.7 Å². The topological polar surface area (TPSA) is 108 Å². The third-order valence-electron chi connectivity index (χ3n) is 4.53. The van der Waals surface area contributed by atoms with Crippen LogP contribution in [0.2, 0.25) is 0 Å². The average molecular weight is 446 g/mol. The van der Waals surface area contributed by atoms with Crippen LogP contribution in [0.25, 0.3) is 0 Å². The molecule has 0 saturated carbocycles. The summed E-state index contributed by atoms with van der Waals surface area (Å²) in [5.74, 6) is -1.24. The first-order chi connectivity index (χ1) is 15.0. The number of hydrogen-bond donors (Lipinski definition) is 3. The van der Waals surface area contributed by atoms with E-state index in [2.05, 4.69) is 23.6 Å². The molecule has 1 aromatic carbocycles. The number of ether oxygens (including phenoxy) is 1. The van der Waals surface area contributed by atoms with E-state index in [1.807, 2.05) is 19.1 Å². The number of amides is 3. The van der Waals surface area contributed by atoms with Gasteiger partial charge in [0, 0.05) is 12.6 Å². The second-order valence-electron chi connectivity index (χ2n) is 8.53. The van der Waals surface area contributed by atoms with Gasteiger partial charge in [0.25, 0.3) is 5.91 Å². The quantitative estimate of drug-likeness (QED) is 0.292. The number of carbonyl (C=O) groups excluding carboxylic acids is 3. The molecule has 8 heteroatoms. The van der Waals surface area contributed by atoms with Gasteiger partial charge in [0.05, 0.1) is 6.61 Å².